The Hall–Kier alpha value is -3.19. The minimum Gasteiger partial charge on any atom is -0.380 e. The Morgan fingerprint density at radius 2 is 1.63 bits per heavy atom. The SMILES string of the molecule is CC1(CN2C(=O)N(Cc3ccc(-c4ccc5c(c4)CN(C4CC4)C5=O)cc3)C(C)(C)C2=O)COC1. The third-order valence-electron chi connectivity index (χ3n) is 7.90. The summed E-state index contributed by atoms with van der Waals surface area (Å²) in [6.45, 7) is 8.29. The van der Waals surface area contributed by atoms with Gasteiger partial charge in [0.25, 0.3) is 11.8 Å². The normalized spacial score (nSPS) is 22.6. The van der Waals surface area contributed by atoms with Crippen LogP contribution in [-0.4, -0.2) is 63.9 Å². The molecule has 0 N–H and O–H groups in total. The fourth-order valence-corrected chi connectivity index (χ4v) is 5.43. The quantitative estimate of drug-likeness (QED) is 0.594. The molecule has 0 unspecified atom stereocenters. The van der Waals surface area contributed by atoms with Crippen molar-refractivity contribution in [3.8, 4) is 11.1 Å². The minimum absolute atomic E-state index is 0.153. The van der Waals surface area contributed by atoms with E-state index in [2.05, 4.69) is 6.07 Å². The molecule has 3 fully saturated rings. The van der Waals surface area contributed by atoms with Crippen LogP contribution in [-0.2, 0) is 22.6 Å². The molecule has 35 heavy (non-hydrogen) atoms. The first-order valence-corrected chi connectivity index (χ1v) is 12.4. The molecule has 7 nitrogen and oxygen atoms in total. The van der Waals surface area contributed by atoms with Crippen molar-refractivity contribution < 1.29 is 19.1 Å². The molecule has 2 aromatic carbocycles. The number of benzene rings is 2. The van der Waals surface area contributed by atoms with Crippen molar-refractivity contribution in [1.82, 2.24) is 14.7 Å². The number of hydrogen-bond acceptors (Lipinski definition) is 4. The lowest BCUT2D eigenvalue weighted by Gasteiger charge is -2.39. The Kier molecular flexibility index (Phi) is 4.87. The smallest absolute Gasteiger partial charge is 0.327 e. The summed E-state index contributed by atoms with van der Waals surface area (Å²) in [6, 6.07) is 14.4. The monoisotopic (exact) mass is 473 g/mol. The lowest BCUT2D eigenvalue weighted by atomic mass is 9.88. The maximum atomic E-state index is 13.2. The van der Waals surface area contributed by atoms with E-state index in [-0.39, 0.29) is 23.3 Å². The Morgan fingerprint density at radius 3 is 2.26 bits per heavy atom. The summed E-state index contributed by atoms with van der Waals surface area (Å²) in [5, 5.41) is 0. The molecule has 6 rings (SSSR count). The molecule has 0 atom stereocenters. The van der Waals surface area contributed by atoms with E-state index in [9.17, 15) is 14.4 Å². The summed E-state index contributed by atoms with van der Waals surface area (Å²) in [7, 11) is 0. The van der Waals surface area contributed by atoms with Gasteiger partial charge in [-0.05, 0) is 61.1 Å². The number of amides is 4. The molecule has 0 bridgehead atoms. The average molecular weight is 474 g/mol. The van der Waals surface area contributed by atoms with Gasteiger partial charge in [0.2, 0.25) is 0 Å². The van der Waals surface area contributed by atoms with Gasteiger partial charge in [0.15, 0.2) is 0 Å². The second-order valence-corrected chi connectivity index (χ2v) is 11.4. The third-order valence-corrected chi connectivity index (χ3v) is 7.90. The van der Waals surface area contributed by atoms with Gasteiger partial charge in [-0.15, -0.1) is 0 Å². The van der Waals surface area contributed by atoms with Crippen LogP contribution < -0.4 is 0 Å². The molecule has 4 aliphatic rings. The summed E-state index contributed by atoms with van der Waals surface area (Å²) in [5.41, 5.74) is 3.98. The van der Waals surface area contributed by atoms with Crippen LogP contribution in [0.2, 0.25) is 0 Å². The fourth-order valence-electron chi connectivity index (χ4n) is 5.43. The second-order valence-electron chi connectivity index (χ2n) is 11.4. The van der Waals surface area contributed by atoms with Crippen LogP contribution in [0, 0.1) is 5.41 Å². The van der Waals surface area contributed by atoms with Gasteiger partial charge in [0.1, 0.15) is 5.54 Å². The molecule has 4 amide bonds. The van der Waals surface area contributed by atoms with Gasteiger partial charge in [-0.3, -0.25) is 14.5 Å². The van der Waals surface area contributed by atoms with Gasteiger partial charge in [-0.2, -0.15) is 0 Å². The maximum absolute atomic E-state index is 13.2. The first-order valence-electron chi connectivity index (χ1n) is 12.4. The Morgan fingerprint density at radius 1 is 0.943 bits per heavy atom. The molecule has 3 heterocycles. The van der Waals surface area contributed by atoms with E-state index >= 15 is 0 Å². The predicted octanol–water partition coefficient (Wildman–Crippen LogP) is 4.05. The maximum Gasteiger partial charge on any atom is 0.327 e. The van der Waals surface area contributed by atoms with Gasteiger partial charge in [-0.1, -0.05) is 37.3 Å². The molecule has 2 saturated heterocycles. The Bertz CT molecular complexity index is 1230. The molecular formula is C28H31N3O4. The molecule has 0 aromatic heterocycles. The van der Waals surface area contributed by atoms with Crippen LogP contribution in [0.5, 0.6) is 0 Å². The van der Waals surface area contributed by atoms with E-state index in [0.717, 1.165) is 40.7 Å². The molecular weight excluding hydrogens is 442 g/mol. The van der Waals surface area contributed by atoms with Crippen LogP contribution in [0.1, 0.15) is 55.1 Å². The standard InChI is InChI=1S/C28H31N3O4/c1-27(2)25(33)30(15-28(3)16-35-17-28)26(34)31(27)13-18-4-6-19(7-5-18)20-8-11-23-21(12-20)14-29(24(23)32)22-9-10-22/h4-8,11-12,22H,9-10,13-17H2,1-3H3. The van der Waals surface area contributed by atoms with Crippen molar-refractivity contribution in [2.75, 3.05) is 19.8 Å². The van der Waals surface area contributed by atoms with E-state index in [4.69, 9.17) is 4.74 Å². The highest BCUT2D eigenvalue weighted by atomic mass is 16.5. The van der Waals surface area contributed by atoms with Crippen molar-refractivity contribution >= 4 is 17.8 Å². The first kappa shape index (κ1) is 22.3. The second kappa shape index (κ2) is 7.65. The van der Waals surface area contributed by atoms with Crippen LogP contribution in [0.4, 0.5) is 4.79 Å². The number of urea groups is 1. The number of rotatable bonds is 6. The van der Waals surface area contributed by atoms with Gasteiger partial charge in [-0.25, -0.2) is 4.79 Å². The number of hydrogen-bond donors (Lipinski definition) is 0. The Balaban J connectivity index is 1.18. The highest BCUT2D eigenvalue weighted by Gasteiger charge is 2.53. The van der Waals surface area contributed by atoms with E-state index in [1.54, 1.807) is 4.90 Å². The highest BCUT2D eigenvalue weighted by Crippen LogP contribution is 2.37. The first-order chi connectivity index (χ1) is 16.7. The van der Waals surface area contributed by atoms with E-state index < -0.39 is 5.54 Å². The summed E-state index contributed by atoms with van der Waals surface area (Å²) in [5.74, 6) is 0.00452. The van der Waals surface area contributed by atoms with Crippen molar-refractivity contribution in [2.24, 2.45) is 5.41 Å². The van der Waals surface area contributed by atoms with Crippen molar-refractivity contribution in [3.63, 3.8) is 0 Å². The average Bonchev–Trinajstić information content (AvgIpc) is 3.59. The van der Waals surface area contributed by atoms with Gasteiger partial charge < -0.3 is 14.5 Å². The molecule has 3 aliphatic heterocycles. The number of carbonyl (C=O) groups is 3. The molecule has 1 saturated carbocycles. The molecule has 2 aromatic rings. The van der Waals surface area contributed by atoms with Gasteiger partial charge >= 0.3 is 6.03 Å². The summed E-state index contributed by atoms with van der Waals surface area (Å²) in [6.07, 6.45) is 2.23. The summed E-state index contributed by atoms with van der Waals surface area (Å²) < 4.78 is 5.31. The minimum atomic E-state index is -0.892. The number of fused-ring (bicyclic) bond motifs is 1. The summed E-state index contributed by atoms with van der Waals surface area (Å²) in [4.78, 5) is 44.0. The zero-order valence-electron chi connectivity index (χ0n) is 20.5. The molecule has 7 heteroatoms. The predicted molar refractivity (Wildman–Crippen MR) is 130 cm³/mol. The zero-order valence-corrected chi connectivity index (χ0v) is 20.5. The van der Waals surface area contributed by atoms with Crippen molar-refractivity contribution in [1.29, 1.82) is 0 Å². The number of carbonyl (C=O) groups excluding carboxylic acids is 3. The third kappa shape index (κ3) is 3.64. The topological polar surface area (TPSA) is 70.2 Å². The van der Waals surface area contributed by atoms with E-state index in [1.165, 1.54) is 4.90 Å². The molecule has 182 valence electrons. The largest absolute Gasteiger partial charge is 0.380 e. The highest BCUT2D eigenvalue weighted by molar-refractivity contribution is 6.06. The zero-order chi connectivity index (χ0) is 24.5. The van der Waals surface area contributed by atoms with E-state index in [1.807, 2.05) is 62.1 Å². The van der Waals surface area contributed by atoms with Crippen LogP contribution in [0.15, 0.2) is 42.5 Å². The van der Waals surface area contributed by atoms with Crippen LogP contribution in [0.25, 0.3) is 11.1 Å². The summed E-state index contributed by atoms with van der Waals surface area (Å²) >= 11 is 0. The van der Waals surface area contributed by atoms with Gasteiger partial charge in [0, 0.05) is 36.7 Å². The fraction of sp³-hybridized carbons (Fsp3) is 0.464. The lowest BCUT2D eigenvalue weighted by molar-refractivity contribution is -0.140. The van der Waals surface area contributed by atoms with Crippen LogP contribution in [0.3, 0.4) is 0 Å². The van der Waals surface area contributed by atoms with Crippen molar-refractivity contribution in [3.05, 3.63) is 59.2 Å². The number of imide groups is 1. The molecule has 0 spiro atoms. The van der Waals surface area contributed by atoms with Gasteiger partial charge in [0.05, 0.1) is 13.2 Å². The lowest BCUT2D eigenvalue weighted by Crippen LogP contribution is -2.51. The number of ether oxygens (including phenoxy) is 1. The molecule has 1 aliphatic carbocycles. The van der Waals surface area contributed by atoms with Crippen molar-refractivity contribution in [2.45, 2.75) is 58.3 Å². The molecule has 0 radical (unpaired) electrons. The van der Waals surface area contributed by atoms with Crippen LogP contribution >= 0.6 is 0 Å². The van der Waals surface area contributed by atoms with E-state index in [0.29, 0.717) is 38.9 Å². The number of nitrogens with zero attached hydrogens (tertiary/aromatic N) is 3. The Labute approximate surface area is 205 Å².